The number of hydrogen-bond acceptors (Lipinski definition) is 5. The fraction of sp³-hybridized carbons (Fsp3) is 0.188. The molecule has 7 nitrogen and oxygen atoms in total. The van der Waals surface area contributed by atoms with E-state index in [2.05, 4.69) is 5.32 Å². The first-order valence-corrected chi connectivity index (χ1v) is 6.93. The fourth-order valence-corrected chi connectivity index (χ4v) is 2.22. The van der Waals surface area contributed by atoms with Gasteiger partial charge in [0.1, 0.15) is 5.56 Å². The van der Waals surface area contributed by atoms with E-state index >= 15 is 0 Å². The molecule has 1 amide bonds. The first-order chi connectivity index (χ1) is 10.9. The molecule has 2 rings (SSSR count). The van der Waals surface area contributed by atoms with E-state index in [1.54, 1.807) is 25.1 Å². The largest absolute Gasteiger partial charge is 0.504 e. The van der Waals surface area contributed by atoms with Crippen LogP contribution in [0, 0.1) is 17.0 Å². The summed E-state index contributed by atoms with van der Waals surface area (Å²) in [5, 5.41) is 32.3. The average Bonchev–Trinajstić information content (AvgIpc) is 2.50. The summed E-state index contributed by atoms with van der Waals surface area (Å²) >= 11 is 0. The van der Waals surface area contributed by atoms with Gasteiger partial charge >= 0.3 is 0 Å². The van der Waals surface area contributed by atoms with Crippen LogP contribution in [0.15, 0.2) is 36.4 Å². The van der Waals surface area contributed by atoms with Gasteiger partial charge in [-0.25, -0.2) is 0 Å². The smallest absolute Gasteiger partial charge is 0.285 e. The van der Waals surface area contributed by atoms with Crippen LogP contribution in [0.2, 0.25) is 0 Å². The highest BCUT2D eigenvalue weighted by Gasteiger charge is 2.21. The number of para-hydroxylation sites is 1. The van der Waals surface area contributed by atoms with E-state index in [-0.39, 0.29) is 29.3 Å². The minimum Gasteiger partial charge on any atom is -0.504 e. The van der Waals surface area contributed by atoms with Crippen molar-refractivity contribution in [3.05, 3.63) is 63.2 Å². The van der Waals surface area contributed by atoms with Gasteiger partial charge in [-0.3, -0.25) is 14.9 Å². The summed E-state index contributed by atoms with van der Waals surface area (Å²) in [6, 6.07) is 8.96. The molecular formula is C16H16N2O5. The van der Waals surface area contributed by atoms with Crippen molar-refractivity contribution < 1.29 is 19.9 Å². The number of nitrogens with zero attached hydrogens (tertiary/aromatic N) is 1. The average molecular weight is 316 g/mol. The van der Waals surface area contributed by atoms with Crippen molar-refractivity contribution in [3.8, 4) is 11.5 Å². The maximum Gasteiger partial charge on any atom is 0.285 e. The molecule has 0 aromatic heterocycles. The predicted molar refractivity (Wildman–Crippen MR) is 83.6 cm³/mol. The summed E-state index contributed by atoms with van der Waals surface area (Å²) in [7, 11) is 0. The third-order valence-electron chi connectivity index (χ3n) is 3.40. The lowest BCUT2D eigenvalue weighted by Gasteiger charge is -2.08. The molecule has 0 atom stereocenters. The Labute approximate surface area is 132 Å². The maximum absolute atomic E-state index is 12.1. The van der Waals surface area contributed by atoms with Gasteiger partial charge in [0, 0.05) is 12.1 Å². The van der Waals surface area contributed by atoms with Crippen LogP contribution in [0.25, 0.3) is 0 Å². The van der Waals surface area contributed by atoms with Crippen LogP contribution >= 0.6 is 0 Å². The zero-order valence-corrected chi connectivity index (χ0v) is 12.4. The van der Waals surface area contributed by atoms with Gasteiger partial charge in [0.2, 0.25) is 0 Å². The Balaban J connectivity index is 2.04. The van der Waals surface area contributed by atoms with Gasteiger partial charge in [-0.15, -0.1) is 0 Å². The van der Waals surface area contributed by atoms with Gasteiger partial charge in [0.15, 0.2) is 11.5 Å². The van der Waals surface area contributed by atoms with E-state index in [9.17, 15) is 25.1 Å². The number of aromatic hydroxyl groups is 2. The van der Waals surface area contributed by atoms with Crippen LogP contribution in [0.4, 0.5) is 5.69 Å². The van der Waals surface area contributed by atoms with E-state index in [4.69, 9.17) is 0 Å². The quantitative estimate of drug-likeness (QED) is 0.445. The van der Waals surface area contributed by atoms with Gasteiger partial charge in [-0.2, -0.15) is 0 Å². The molecular weight excluding hydrogens is 300 g/mol. The first kappa shape index (κ1) is 16.3. The summed E-state index contributed by atoms with van der Waals surface area (Å²) in [5.41, 5.74) is 0.960. The van der Waals surface area contributed by atoms with Crippen LogP contribution < -0.4 is 5.32 Å². The monoisotopic (exact) mass is 316 g/mol. The topological polar surface area (TPSA) is 113 Å². The Morgan fingerprint density at radius 1 is 1.22 bits per heavy atom. The van der Waals surface area contributed by atoms with E-state index in [0.717, 1.165) is 5.56 Å². The minimum absolute atomic E-state index is 0.0172. The second-order valence-corrected chi connectivity index (χ2v) is 5.06. The number of phenolic OH excluding ortho intramolecular Hbond substituents is 2. The number of nitro benzene ring substituents is 1. The lowest BCUT2D eigenvalue weighted by atomic mass is 10.1. The summed E-state index contributed by atoms with van der Waals surface area (Å²) in [6.07, 6.45) is 0.416. The normalized spacial score (nSPS) is 10.3. The van der Waals surface area contributed by atoms with Crippen molar-refractivity contribution in [2.24, 2.45) is 0 Å². The molecule has 2 aromatic rings. The Bertz CT molecular complexity index is 758. The second kappa shape index (κ2) is 6.78. The Kier molecular flexibility index (Phi) is 4.80. The van der Waals surface area contributed by atoms with Crippen molar-refractivity contribution >= 4 is 11.6 Å². The molecule has 120 valence electrons. The van der Waals surface area contributed by atoms with E-state index in [1.807, 2.05) is 0 Å². The molecule has 0 radical (unpaired) electrons. The van der Waals surface area contributed by atoms with Crippen molar-refractivity contribution in [2.75, 3.05) is 6.54 Å². The Hall–Kier alpha value is -3.09. The molecule has 0 saturated carbocycles. The number of benzene rings is 2. The summed E-state index contributed by atoms with van der Waals surface area (Å²) in [4.78, 5) is 22.6. The molecule has 0 heterocycles. The zero-order chi connectivity index (χ0) is 17.0. The second-order valence-electron chi connectivity index (χ2n) is 5.06. The summed E-state index contributed by atoms with van der Waals surface area (Å²) in [6.45, 7) is 1.82. The van der Waals surface area contributed by atoms with Crippen LogP contribution in [-0.2, 0) is 6.42 Å². The van der Waals surface area contributed by atoms with Gasteiger partial charge in [0.25, 0.3) is 11.6 Å². The SMILES string of the molecule is Cc1cccc(C(=O)NCCc2ccc(O)c(O)c2)c1[N+](=O)[O-]. The Morgan fingerprint density at radius 2 is 1.96 bits per heavy atom. The molecule has 7 heteroatoms. The number of nitro groups is 1. The number of hydrogen-bond donors (Lipinski definition) is 3. The molecule has 3 N–H and O–H groups in total. The molecule has 23 heavy (non-hydrogen) atoms. The highest BCUT2D eigenvalue weighted by atomic mass is 16.6. The van der Waals surface area contributed by atoms with Crippen LogP contribution in [0.1, 0.15) is 21.5 Å². The number of aryl methyl sites for hydroxylation is 1. The molecule has 0 aliphatic rings. The molecule has 0 aliphatic carbocycles. The van der Waals surface area contributed by atoms with E-state index < -0.39 is 10.8 Å². The van der Waals surface area contributed by atoms with Crippen LogP contribution in [-0.4, -0.2) is 27.6 Å². The molecule has 0 unspecified atom stereocenters. The third kappa shape index (κ3) is 3.76. The van der Waals surface area contributed by atoms with Crippen LogP contribution in [0.3, 0.4) is 0 Å². The third-order valence-corrected chi connectivity index (χ3v) is 3.40. The highest BCUT2D eigenvalue weighted by Crippen LogP contribution is 2.25. The first-order valence-electron chi connectivity index (χ1n) is 6.93. The Morgan fingerprint density at radius 3 is 2.61 bits per heavy atom. The fourth-order valence-electron chi connectivity index (χ4n) is 2.22. The molecule has 0 fully saturated rings. The van der Waals surface area contributed by atoms with E-state index in [0.29, 0.717) is 12.0 Å². The maximum atomic E-state index is 12.1. The molecule has 0 bridgehead atoms. The van der Waals surface area contributed by atoms with Gasteiger partial charge in [0.05, 0.1) is 4.92 Å². The molecule has 0 aliphatic heterocycles. The molecule has 0 saturated heterocycles. The van der Waals surface area contributed by atoms with Crippen molar-refractivity contribution in [1.29, 1.82) is 0 Å². The number of amides is 1. The number of carbonyl (C=O) groups excluding carboxylic acids is 1. The van der Waals surface area contributed by atoms with E-state index in [1.165, 1.54) is 18.2 Å². The number of phenols is 2. The predicted octanol–water partition coefficient (Wildman–Crippen LogP) is 2.29. The molecule has 2 aromatic carbocycles. The lowest BCUT2D eigenvalue weighted by Crippen LogP contribution is -2.26. The summed E-state index contributed by atoms with van der Waals surface area (Å²) in [5.74, 6) is -0.972. The van der Waals surface area contributed by atoms with Crippen molar-refractivity contribution in [2.45, 2.75) is 13.3 Å². The van der Waals surface area contributed by atoms with Crippen LogP contribution in [0.5, 0.6) is 11.5 Å². The minimum atomic E-state index is -0.567. The zero-order valence-electron chi connectivity index (χ0n) is 12.4. The summed E-state index contributed by atoms with van der Waals surface area (Å²) < 4.78 is 0. The molecule has 0 spiro atoms. The van der Waals surface area contributed by atoms with Gasteiger partial charge in [-0.05, 0) is 37.1 Å². The lowest BCUT2D eigenvalue weighted by molar-refractivity contribution is -0.385. The van der Waals surface area contributed by atoms with Crippen molar-refractivity contribution in [3.63, 3.8) is 0 Å². The number of rotatable bonds is 5. The van der Waals surface area contributed by atoms with Crippen molar-refractivity contribution in [1.82, 2.24) is 5.32 Å². The van der Waals surface area contributed by atoms with Gasteiger partial charge in [-0.1, -0.05) is 18.2 Å². The number of carbonyl (C=O) groups is 1. The highest BCUT2D eigenvalue weighted by molar-refractivity contribution is 5.98. The van der Waals surface area contributed by atoms with Gasteiger partial charge < -0.3 is 15.5 Å². The standard InChI is InChI=1S/C16H16N2O5/c1-10-3-2-4-12(15(10)18(22)23)16(21)17-8-7-11-5-6-13(19)14(20)9-11/h2-6,9,19-20H,7-8H2,1H3,(H,17,21). The number of nitrogens with one attached hydrogen (secondary N) is 1.